The van der Waals surface area contributed by atoms with Crippen LogP contribution < -0.4 is 19.5 Å². The molecule has 0 saturated carbocycles. The molecule has 0 radical (unpaired) electrons. The molecule has 0 atom stereocenters. The van der Waals surface area contributed by atoms with E-state index < -0.39 is 15.9 Å². The van der Waals surface area contributed by atoms with Crippen LogP contribution in [0.5, 0.6) is 11.6 Å². The Morgan fingerprint density at radius 1 is 0.968 bits per heavy atom. The van der Waals surface area contributed by atoms with E-state index in [4.69, 9.17) is 9.47 Å². The van der Waals surface area contributed by atoms with Gasteiger partial charge in [-0.25, -0.2) is 13.4 Å². The van der Waals surface area contributed by atoms with E-state index in [1.165, 1.54) is 38.6 Å². The summed E-state index contributed by atoms with van der Waals surface area (Å²) in [6.45, 7) is 2.02. The van der Waals surface area contributed by atoms with Gasteiger partial charge in [0.15, 0.2) is 0 Å². The van der Waals surface area contributed by atoms with Crippen LogP contribution in [0.15, 0.2) is 65.7 Å². The van der Waals surface area contributed by atoms with Crippen molar-refractivity contribution in [2.75, 3.05) is 24.3 Å². The van der Waals surface area contributed by atoms with Gasteiger partial charge in [-0.15, -0.1) is 0 Å². The van der Waals surface area contributed by atoms with Crippen molar-refractivity contribution in [1.29, 1.82) is 0 Å². The van der Waals surface area contributed by atoms with Gasteiger partial charge >= 0.3 is 0 Å². The SMILES string of the molecule is CCc1ccc(NS(=O)(=O)c2cc(C(=O)Nc3ccc(OC)nc3)ccc2OC)cc1. The zero-order chi connectivity index (χ0) is 22.4. The maximum Gasteiger partial charge on any atom is 0.265 e. The summed E-state index contributed by atoms with van der Waals surface area (Å²) >= 11 is 0. The number of pyridine rings is 1. The average Bonchev–Trinajstić information content (AvgIpc) is 2.79. The topological polar surface area (TPSA) is 107 Å². The number of nitrogens with zero attached hydrogens (tertiary/aromatic N) is 1. The molecule has 0 saturated heterocycles. The first-order valence-corrected chi connectivity index (χ1v) is 11.0. The maximum atomic E-state index is 13.0. The third kappa shape index (κ3) is 5.32. The predicted octanol–water partition coefficient (Wildman–Crippen LogP) is 3.71. The van der Waals surface area contributed by atoms with Crippen molar-refractivity contribution in [2.24, 2.45) is 0 Å². The Kier molecular flexibility index (Phi) is 6.76. The smallest absolute Gasteiger partial charge is 0.265 e. The number of nitrogens with one attached hydrogen (secondary N) is 2. The second-order valence-electron chi connectivity index (χ2n) is 6.56. The number of methoxy groups -OCH3 is 2. The molecule has 3 rings (SSSR count). The zero-order valence-corrected chi connectivity index (χ0v) is 18.2. The number of hydrogen-bond acceptors (Lipinski definition) is 6. The summed E-state index contributed by atoms with van der Waals surface area (Å²) < 4.78 is 38.7. The third-order valence-corrected chi connectivity index (χ3v) is 5.94. The van der Waals surface area contributed by atoms with E-state index in [2.05, 4.69) is 15.0 Å². The van der Waals surface area contributed by atoms with E-state index in [1.807, 2.05) is 19.1 Å². The molecule has 0 aliphatic carbocycles. The Morgan fingerprint density at radius 3 is 2.26 bits per heavy atom. The van der Waals surface area contributed by atoms with Gasteiger partial charge in [0.1, 0.15) is 10.6 Å². The monoisotopic (exact) mass is 441 g/mol. The van der Waals surface area contributed by atoms with E-state index in [0.29, 0.717) is 17.3 Å². The van der Waals surface area contributed by atoms with Crippen molar-refractivity contribution >= 4 is 27.3 Å². The largest absolute Gasteiger partial charge is 0.495 e. The fourth-order valence-electron chi connectivity index (χ4n) is 2.82. The minimum absolute atomic E-state index is 0.125. The Balaban J connectivity index is 1.86. The highest BCUT2D eigenvalue weighted by molar-refractivity contribution is 7.92. The number of amides is 1. The summed E-state index contributed by atoms with van der Waals surface area (Å²) in [4.78, 5) is 16.5. The summed E-state index contributed by atoms with van der Waals surface area (Å²) in [6.07, 6.45) is 2.29. The Bertz CT molecular complexity index is 1160. The van der Waals surface area contributed by atoms with Crippen LogP contribution in [0.4, 0.5) is 11.4 Å². The lowest BCUT2D eigenvalue weighted by molar-refractivity contribution is 0.102. The highest BCUT2D eigenvalue weighted by atomic mass is 32.2. The van der Waals surface area contributed by atoms with Crippen molar-refractivity contribution in [3.63, 3.8) is 0 Å². The standard InChI is InChI=1S/C22H23N3O5S/c1-4-15-5-8-17(9-6-15)25-31(27,28)20-13-16(7-11-19(20)29-2)22(26)24-18-10-12-21(30-3)23-14-18/h5-14,25H,4H2,1-3H3,(H,24,26). The summed E-state index contributed by atoms with van der Waals surface area (Å²) in [7, 11) is -1.14. The van der Waals surface area contributed by atoms with Crippen LogP contribution in [0.3, 0.4) is 0 Å². The first kappa shape index (κ1) is 22.1. The van der Waals surface area contributed by atoms with Crippen LogP contribution in [0.1, 0.15) is 22.8 Å². The zero-order valence-electron chi connectivity index (χ0n) is 17.4. The van der Waals surface area contributed by atoms with Crippen molar-refractivity contribution < 1.29 is 22.7 Å². The van der Waals surface area contributed by atoms with Crippen LogP contribution in [0.25, 0.3) is 0 Å². The molecule has 1 aromatic heterocycles. The molecule has 2 aromatic carbocycles. The number of rotatable bonds is 8. The van der Waals surface area contributed by atoms with E-state index in [1.54, 1.807) is 24.3 Å². The quantitative estimate of drug-likeness (QED) is 0.552. The molecule has 0 aliphatic rings. The lowest BCUT2D eigenvalue weighted by Crippen LogP contribution is -2.17. The molecule has 0 bridgehead atoms. The lowest BCUT2D eigenvalue weighted by atomic mass is 10.2. The van der Waals surface area contributed by atoms with E-state index in [0.717, 1.165) is 12.0 Å². The van der Waals surface area contributed by atoms with Crippen molar-refractivity contribution in [1.82, 2.24) is 4.98 Å². The Morgan fingerprint density at radius 2 is 1.68 bits per heavy atom. The van der Waals surface area contributed by atoms with Gasteiger partial charge in [-0.05, 0) is 48.4 Å². The molecule has 0 fully saturated rings. The first-order valence-electron chi connectivity index (χ1n) is 9.47. The van der Waals surface area contributed by atoms with Gasteiger partial charge in [-0.3, -0.25) is 9.52 Å². The van der Waals surface area contributed by atoms with Crippen LogP contribution >= 0.6 is 0 Å². The summed E-state index contributed by atoms with van der Waals surface area (Å²) in [5.41, 5.74) is 2.10. The van der Waals surface area contributed by atoms with Crippen LogP contribution in [0.2, 0.25) is 0 Å². The molecule has 9 heteroatoms. The number of hydrogen-bond donors (Lipinski definition) is 2. The molecule has 0 aliphatic heterocycles. The molecular formula is C22H23N3O5S. The fraction of sp³-hybridized carbons (Fsp3) is 0.182. The number of anilines is 2. The molecule has 1 heterocycles. The normalized spacial score (nSPS) is 10.9. The van der Waals surface area contributed by atoms with Gasteiger partial charge in [0.25, 0.3) is 15.9 Å². The van der Waals surface area contributed by atoms with Crippen molar-refractivity contribution in [2.45, 2.75) is 18.2 Å². The van der Waals surface area contributed by atoms with Gasteiger partial charge in [0.2, 0.25) is 5.88 Å². The molecule has 0 unspecified atom stereocenters. The number of carbonyl (C=O) groups is 1. The van der Waals surface area contributed by atoms with Gasteiger partial charge in [0.05, 0.1) is 26.1 Å². The van der Waals surface area contributed by atoms with Gasteiger partial charge in [-0.1, -0.05) is 19.1 Å². The summed E-state index contributed by atoms with van der Waals surface area (Å²) in [6, 6.07) is 14.5. The van der Waals surface area contributed by atoms with Gasteiger partial charge in [-0.2, -0.15) is 0 Å². The minimum Gasteiger partial charge on any atom is -0.495 e. The maximum absolute atomic E-state index is 13.0. The molecule has 2 N–H and O–H groups in total. The average molecular weight is 442 g/mol. The fourth-order valence-corrected chi connectivity index (χ4v) is 4.08. The Hall–Kier alpha value is -3.59. The van der Waals surface area contributed by atoms with Crippen LogP contribution in [-0.4, -0.2) is 33.5 Å². The number of aryl methyl sites for hydroxylation is 1. The van der Waals surface area contributed by atoms with Crippen LogP contribution in [0, 0.1) is 0 Å². The van der Waals surface area contributed by atoms with Crippen molar-refractivity contribution in [3.05, 3.63) is 71.9 Å². The summed E-state index contributed by atoms with van der Waals surface area (Å²) in [5, 5.41) is 2.67. The molecule has 1 amide bonds. The van der Waals surface area contributed by atoms with E-state index in [9.17, 15) is 13.2 Å². The molecule has 8 nitrogen and oxygen atoms in total. The van der Waals surface area contributed by atoms with Gasteiger partial charge < -0.3 is 14.8 Å². The van der Waals surface area contributed by atoms with Gasteiger partial charge in [0, 0.05) is 17.3 Å². The molecule has 162 valence electrons. The highest BCUT2D eigenvalue weighted by Gasteiger charge is 2.22. The number of ether oxygens (including phenoxy) is 2. The second-order valence-corrected chi connectivity index (χ2v) is 8.22. The number of benzene rings is 2. The highest BCUT2D eigenvalue weighted by Crippen LogP contribution is 2.27. The van der Waals surface area contributed by atoms with Crippen LogP contribution in [-0.2, 0) is 16.4 Å². The molecule has 0 spiro atoms. The minimum atomic E-state index is -4.00. The lowest BCUT2D eigenvalue weighted by Gasteiger charge is -2.13. The molecular weight excluding hydrogens is 418 g/mol. The summed E-state index contributed by atoms with van der Waals surface area (Å²) in [5.74, 6) is 0.0487. The van der Waals surface area contributed by atoms with Crippen molar-refractivity contribution in [3.8, 4) is 11.6 Å². The first-order chi connectivity index (χ1) is 14.9. The molecule has 31 heavy (non-hydrogen) atoms. The van der Waals surface area contributed by atoms with E-state index in [-0.39, 0.29) is 16.2 Å². The number of sulfonamides is 1. The Labute approximate surface area is 181 Å². The second kappa shape index (κ2) is 9.48. The van der Waals surface area contributed by atoms with E-state index >= 15 is 0 Å². The number of carbonyl (C=O) groups excluding carboxylic acids is 1. The third-order valence-electron chi connectivity index (χ3n) is 4.53. The number of aromatic nitrogens is 1. The predicted molar refractivity (Wildman–Crippen MR) is 118 cm³/mol. The molecule has 3 aromatic rings.